The number of nitrogens with two attached hydrogens (primary N) is 1. The second kappa shape index (κ2) is 10.8. The van der Waals surface area contributed by atoms with Gasteiger partial charge in [0.1, 0.15) is 11.5 Å². The summed E-state index contributed by atoms with van der Waals surface area (Å²) in [6.07, 6.45) is 0. The van der Waals surface area contributed by atoms with E-state index in [9.17, 15) is 9.59 Å². The second-order valence-corrected chi connectivity index (χ2v) is 8.52. The molecule has 3 aromatic rings. The fourth-order valence-electron chi connectivity index (χ4n) is 3.40. The van der Waals surface area contributed by atoms with Crippen molar-refractivity contribution in [3.63, 3.8) is 0 Å². The van der Waals surface area contributed by atoms with Crippen LogP contribution in [-0.4, -0.2) is 30.9 Å². The first kappa shape index (κ1) is 24.0. The van der Waals surface area contributed by atoms with E-state index in [-0.39, 0.29) is 18.4 Å². The second-order valence-electron chi connectivity index (χ2n) is 6.81. The third-order valence-electron chi connectivity index (χ3n) is 4.93. The number of ether oxygens (including phenoxy) is 2. The van der Waals surface area contributed by atoms with Gasteiger partial charge in [-0.1, -0.05) is 36.4 Å². The molecule has 8 heteroatoms. The zero-order valence-electron chi connectivity index (χ0n) is 17.6. The number of halogens is 2. The molecule has 32 heavy (non-hydrogen) atoms. The zero-order valence-corrected chi connectivity index (χ0v) is 20.8. The molecule has 166 valence electrons. The molecule has 1 aliphatic heterocycles. The van der Waals surface area contributed by atoms with Gasteiger partial charge in [0.25, 0.3) is 11.8 Å². The van der Waals surface area contributed by atoms with Gasteiger partial charge in [0.15, 0.2) is 0 Å². The number of methoxy groups -OCH3 is 2. The number of hydrogen-bond donors (Lipinski definition) is 1. The highest BCUT2D eigenvalue weighted by Crippen LogP contribution is 2.32. The number of carbonyl (C=O) groups is 2. The summed E-state index contributed by atoms with van der Waals surface area (Å²) in [4.78, 5) is 25.9. The van der Waals surface area contributed by atoms with Crippen molar-refractivity contribution in [2.75, 3.05) is 14.2 Å². The molecular formula is C24H22Br2N2O4. The van der Waals surface area contributed by atoms with Crippen LogP contribution >= 0.6 is 31.9 Å². The monoisotopic (exact) mass is 560 g/mol. The molecule has 0 saturated heterocycles. The summed E-state index contributed by atoms with van der Waals surface area (Å²) in [5.74, 6) is 0.930. The lowest BCUT2D eigenvalue weighted by atomic mass is 10.1. The fourth-order valence-corrected chi connectivity index (χ4v) is 4.54. The van der Waals surface area contributed by atoms with Crippen LogP contribution in [-0.2, 0) is 13.1 Å². The smallest absolute Gasteiger partial charge is 0.261 e. The van der Waals surface area contributed by atoms with E-state index in [2.05, 4.69) is 31.9 Å². The van der Waals surface area contributed by atoms with Crippen LogP contribution in [0.4, 0.5) is 0 Å². The third-order valence-corrected chi connectivity index (χ3v) is 6.18. The minimum absolute atomic E-state index is 0.189. The quantitative estimate of drug-likeness (QED) is 0.435. The van der Waals surface area contributed by atoms with Gasteiger partial charge < -0.3 is 15.2 Å². The molecule has 0 bridgehead atoms. The Labute approximate surface area is 203 Å². The highest BCUT2D eigenvalue weighted by atomic mass is 79.9. The van der Waals surface area contributed by atoms with Crippen LogP contribution in [0.1, 0.15) is 31.8 Å². The molecule has 2 amide bonds. The average molecular weight is 562 g/mol. The third kappa shape index (κ3) is 4.87. The molecule has 0 atom stereocenters. The van der Waals surface area contributed by atoms with Crippen molar-refractivity contribution in [3.8, 4) is 11.5 Å². The van der Waals surface area contributed by atoms with E-state index >= 15 is 0 Å². The van der Waals surface area contributed by atoms with E-state index in [1.807, 2.05) is 36.4 Å². The Morgan fingerprint density at radius 3 is 1.66 bits per heavy atom. The van der Waals surface area contributed by atoms with Crippen LogP contribution in [0.15, 0.2) is 69.6 Å². The number of amides is 2. The first-order valence-electron chi connectivity index (χ1n) is 9.71. The molecule has 2 N–H and O–H groups in total. The molecule has 0 aromatic heterocycles. The molecule has 0 spiro atoms. The molecule has 0 radical (unpaired) electrons. The van der Waals surface area contributed by atoms with Crippen LogP contribution in [0.2, 0.25) is 0 Å². The van der Waals surface area contributed by atoms with Crippen LogP contribution in [0.3, 0.4) is 0 Å². The normalized spacial score (nSPS) is 12.2. The van der Waals surface area contributed by atoms with Gasteiger partial charge in [0, 0.05) is 17.7 Å². The van der Waals surface area contributed by atoms with Crippen LogP contribution in [0.25, 0.3) is 0 Å². The summed E-state index contributed by atoms with van der Waals surface area (Å²) in [5.41, 5.74) is 8.20. The van der Waals surface area contributed by atoms with E-state index in [0.29, 0.717) is 23.4 Å². The Kier molecular flexibility index (Phi) is 8.06. The summed E-state index contributed by atoms with van der Waals surface area (Å²) in [6.45, 7) is 0.692. The average Bonchev–Trinajstić information content (AvgIpc) is 3.04. The fraction of sp³-hybridized carbons (Fsp3) is 0.167. The van der Waals surface area contributed by atoms with E-state index < -0.39 is 0 Å². The largest absolute Gasteiger partial charge is 0.495 e. The molecule has 6 nitrogen and oxygen atoms in total. The molecular weight excluding hydrogens is 540 g/mol. The van der Waals surface area contributed by atoms with Gasteiger partial charge in [0.05, 0.1) is 40.8 Å². The minimum atomic E-state index is -0.266. The molecule has 4 rings (SSSR count). The number of rotatable bonds is 5. The number of para-hydroxylation sites is 2. The maximum absolute atomic E-state index is 12.3. The van der Waals surface area contributed by atoms with Crippen LogP contribution in [0.5, 0.6) is 11.5 Å². The minimum Gasteiger partial charge on any atom is -0.495 e. The zero-order chi connectivity index (χ0) is 23.3. The number of carbonyl (C=O) groups excluding carboxylic acids is 2. The van der Waals surface area contributed by atoms with Crippen LogP contribution in [0, 0.1) is 0 Å². The lowest BCUT2D eigenvalue weighted by Gasteiger charge is -2.16. The van der Waals surface area contributed by atoms with Gasteiger partial charge >= 0.3 is 0 Å². The van der Waals surface area contributed by atoms with Crippen molar-refractivity contribution >= 4 is 43.7 Å². The molecule has 3 aromatic carbocycles. The topological polar surface area (TPSA) is 81.9 Å². The summed E-state index contributed by atoms with van der Waals surface area (Å²) >= 11 is 6.77. The lowest BCUT2D eigenvalue weighted by Crippen LogP contribution is -2.29. The van der Waals surface area contributed by atoms with Gasteiger partial charge in [0.2, 0.25) is 0 Å². The summed E-state index contributed by atoms with van der Waals surface area (Å²) in [5, 5.41) is 0. The first-order valence-corrected chi connectivity index (χ1v) is 11.3. The highest BCUT2D eigenvalue weighted by molar-refractivity contribution is 9.10. The number of fused-ring (bicyclic) bond motifs is 1. The molecule has 1 aliphatic rings. The van der Waals surface area contributed by atoms with Crippen molar-refractivity contribution in [1.82, 2.24) is 4.90 Å². The molecule has 0 fully saturated rings. The summed E-state index contributed by atoms with van der Waals surface area (Å²) < 4.78 is 12.2. The highest BCUT2D eigenvalue weighted by Gasteiger charge is 2.35. The standard InChI is InChI=1S/C16H12BrNO3.C8H10BrNO/c1-21-14-10(5-4-8-13(14)17)9-18-15(19)11-6-2-3-7-12(11)16(18)20;1-11-8-6(5-10)3-2-4-7(8)9/h2-8H,9H2,1H3;2-4H,5,10H2,1H3. The van der Waals surface area contributed by atoms with Crippen molar-refractivity contribution in [3.05, 3.63) is 91.9 Å². The van der Waals surface area contributed by atoms with E-state index in [0.717, 1.165) is 25.8 Å². The van der Waals surface area contributed by atoms with Gasteiger partial charge in [-0.05, 0) is 56.1 Å². The maximum atomic E-state index is 12.3. The van der Waals surface area contributed by atoms with Crippen molar-refractivity contribution in [1.29, 1.82) is 0 Å². The number of nitrogens with zero attached hydrogens (tertiary/aromatic N) is 1. The number of hydrogen-bond acceptors (Lipinski definition) is 5. The number of imide groups is 1. The van der Waals surface area contributed by atoms with Crippen molar-refractivity contribution in [2.45, 2.75) is 13.1 Å². The first-order chi connectivity index (χ1) is 15.4. The maximum Gasteiger partial charge on any atom is 0.261 e. The Morgan fingerprint density at radius 2 is 1.22 bits per heavy atom. The lowest BCUT2D eigenvalue weighted by molar-refractivity contribution is 0.0641. The van der Waals surface area contributed by atoms with Gasteiger partial charge in [-0.15, -0.1) is 0 Å². The van der Waals surface area contributed by atoms with Gasteiger partial charge in [-0.25, -0.2) is 0 Å². The molecule has 0 unspecified atom stereocenters. The molecule has 0 aliphatic carbocycles. The van der Waals surface area contributed by atoms with Crippen molar-refractivity contribution < 1.29 is 19.1 Å². The molecule has 1 heterocycles. The Hall–Kier alpha value is -2.68. The van der Waals surface area contributed by atoms with Crippen LogP contribution < -0.4 is 15.2 Å². The van der Waals surface area contributed by atoms with Crippen molar-refractivity contribution in [2.24, 2.45) is 5.73 Å². The molecule has 0 saturated carbocycles. The SMILES string of the molecule is COc1c(Br)cccc1CN.COc1c(Br)cccc1CN1C(=O)c2ccccc2C1=O. The Balaban J connectivity index is 0.000000222. The van der Waals surface area contributed by atoms with E-state index in [1.54, 1.807) is 38.5 Å². The predicted octanol–water partition coefficient (Wildman–Crippen LogP) is 5.17. The summed E-state index contributed by atoms with van der Waals surface area (Å²) in [7, 11) is 3.20. The van der Waals surface area contributed by atoms with Gasteiger partial charge in [-0.3, -0.25) is 14.5 Å². The Bertz CT molecular complexity index is 1120. The Morgan fingerprint density at radius 1 is 0.750 bits per heavy atom. The van der Waals surface area contributed by atoms with E-state index in [1.165, 1.54) is 4.90 Å². The van der Waals surface area contributed by atoms with Gasteiger partial charge in [-0.2, -0.15) is 0 Å². The van der Waals surface area contributed by atoms with E-state index in [4.69, 9.17) is 15.2 Å². The predicted molar refractivity (Wildman–Crippen MR) is 130 cm³/mol. The summed E-state index contributed by atoms with van der Waals surface area (Å²) in [6, 6.07) is 18.2. The number of benzene rings is 3.